The van der Waals surface area contributed by atoms with Gasteiger partial charge in [0.1, 0.15) is 0 Å². The third-order valence-electron chi connectivity index (χ3n) is 3.97. The first kappa shape index (κ1) is 17.8. The van der Waals surface area contributed by atoms with E-state index in [1.807, 2.05) is 0 Å². The molecule has 0 aliphatic carbocycles. The van der Waals surface area contributed by atoms with Crippen molar-refractivity contribution in [3.8, 4) is 0 Å². The van der Waals surface area contributed by atoms with E-state index in [0.29, 0.717) is 24.3 Å². The number of hydrogen-bond acceptors (Lipinski definition) is 2. The summed E-state index contributed by atoms with van der Waals surface area (Å²) in [7, 11) is 0. The predicted octanol–water partition coefficient (Wildman–Crippen LogP) is 3.42. The van der Waals surface area contributed by atoms with Gasteiger partial charge in [0.05, 0.1) is 12.0 Å². The summed E-state index contributed by atoms with van der Waals surface area (Å²) >= 11 is 0. The number of alkyl halides is 3. The molecule has 0 bridgehead atoms. The molecule has 8 heteroatoms. The van der Waals surface area contributed by atoms with E-state index >= 15 is 0 Å². The molecule has 0 aromatic heterocycles. The third kappa shape index (κ3) is 4.14. The number of carbonyl (C=O) groups excluding carboxylic acids is 2. The number of hydrogen-bond donors (Lipinski definition) is 2. The van der Waals surface area contributed by atoms with Crippen LogP contribution in [0.1, 0.15) is 11.1 Å². The van der Waals surface area contributed by atoms with Crippen LogP contribution in [0.25, 0.3) is 0 Å². The van der Waals surface area contributed by atoms with E-state index in [-0.39, 0.29) is 18.4 Å². The van der Waals surface area contributed by atoms with Gasteiger partial charge in [-0.3, -0.25) is 9.69 Å². The average molecular weight is 363 g/mol. The Balaban J connectivity index is 1.58. The highest BCUT2D eigenvalue weighted by Gasteiger charge is 2.30. The molecule has 1 saturated heterocycles. The normalized spacial score (nSPS) is 14.3. The van der Waals surface area contributed by atoms with Crippen molar-refractivity contribution in [3.05, 3.63) is 59.7 Å². The smallest absolute Gasteiger partial charge is 0.336 e. The van der Waals surface area contributed by atoms with Crippen LogP contribution in [0.3, 0.4) is 0 Å². The lowest BCUT2D eigenvalue weighted by Gasteiger charge is -2.14. The van der Waals surface area contributed by atoms with Crippen molar-refractivity contribution in [1.29, 1.82) is 0 Å². The van der Waals surface area contributed by atoms with Crippen LogP contribution in [0.5, 0.6) is 0 Å². The fourth-order valence-electron chi connectivity index (χ4n) is 2.64. The van der Waals surface area contributed by atoms with Crippen LogP contribution >= 0.6 is 0 Å². The van der Waals surface area contributed by atoms with Gasteiger partial charge in [0.15, 0.2) is 0 Å². The van der Waals surface area contributed by atoms with Gasteiger partial charge in [-0.2, -0.15) is 13.2 Å². The number of amides is 3. The lowest BCUT2D eigenvalue weighted by molar-refractivity contribution is -0.137. The summed E-state index contributed by atoms with van der Waals surface area (Å²) in [6.07, 6.45) is -4.43. The van der Waals surface area contributed by atoms with Crippen molar-refractivity contribution in [3.63, 3.8) is 0 Å². The number of benzene rings is 2. The topological polar surface area (TPSA) is 61.4 Å². The molecule has 26 heavy (non-hydrogen) atoms. The van der Waals surface area contributed by atoms with Gasteiger partial charge < -0.3 is 10.6 Å². The third-order valence-corrected chi connectivity index (χ3v) is 3.97. The summed E-state index contributed by atoms with van der Waals surface area (Å²) in [5, 5.41) is 5.39. The summed E-state index contributed by atoms with van der Waals surface area (Å²) in [4.78, 5) is 25.2. The van der Waals surface area contributed by atoms with E-state index in [1.54, 1.807) is 29.2 Å². The van der Waals surface area contributed by atoms with Gasteiger partial charge in [-0.1, -0.05) is 12.1 Å². The van der Waals surface area contributed by atoms with Gasteiger partial charge >= 0.3 is 12.2 Å². The Labute approximate surface area is 147 Å². The van der Waals surface area contributed by atoms with Crippen molar-refractivity contribution < 1.29 is 22.8 Å². The number of nitrogens with one attached hydrogen (secondary N) is 2. The minimum Gasteiger partial charge on any atom is -0.336 e. The monoisotopic (exact) mass is 363 g/mol. The van der Waals surface area contributed by atoms with E-state index in [2.05, 4.69) is 10.6 Å². The summed E-state index contributed by atoms with van der Waals surface area (Å²) in [6.45, 7) is 1.17. The van der Waals surface area contributed by atoms with E-state index < -0.39 is 11.7 Å². The van der Waals surface area contributed by atoms with Gasteiger partial charge in [0, 0.05) is 24.5 Å². The molecule has 1 fully saturated rings. The molecular weight excluding hydrogens is 347 g/mol. The second-order valence-corrected chi connectivity index (χ2v) is 5.85. The molecule has 0 saturated carbocycles. The van der Waals surface area contributed by atoms with Gasteiger partial charge in [0.25, 0.3) is 0 Å². The molecule has 2 aromatic carbocycles. The predicted molar refractivity (Wildman–Crippen MR) is 91.0 cm³/mol. The molecule has 3 rings (SSSR count). The highest BCUT2D eigenvalue weighted by molar-refractivity contribution is 5.95. The number of urea groups is 1. The molecule has 1 heterocycles. The van der Waals surface area contributed by atoms with E-state index in [4.69, 9.17) is 0 Å². The van der Waals surface area contributed by atoms with Crippen LogP contribution in [0.4, 0.5) is 29.3 Å². The molecule has 0 unspecified atom stereocenters. The van der Waals surface area contributed by atoms with Crippen molar-refractivity contribution >= 4 is 23.3 Å². The van der Waals surface area contributed by atoms with Crippen LogP contribution in [-0.2, 0) is 17.4 Å². The molecule has 2 N–H and O–H groups in total. The Morgan fingerprint density at radius 1 is 1.08 bits per heavy atom. The van der Waals surface area contributed by atoms with E-state index in [9.17, 15) is 22.8 Å². The first-order valence-corrected chi connectivity index (χ1v) is 7.94. The molecule has 1 aliphatic heterocycles. The first-order valence-electron chi connectivity index (χ1n) is 7.94. The average Bonchev–Trinajstić information content (AvgIpc) is 3.01. The van der Waals surface area contributed by atoms with Gasteiger partial charge in [-0.25, -0.2) is 4.79 Å². The minimum absolute atomic E-state index is 0.0333. The summed E-state index contributed by atoms with van der Waals surface area (Å²) in [5.41, 5.74) is 1.01. The number of rotatable bonds is 4. The Morgan fingerprint density at radius 2 is 1.73 bits per heavy atom. The second kappa shape index (κ2) is 7.07. The summed E-state index contributed by atoms with van der Waals surface area (Å²) in [5.74, 6) is -0.337. The second-order valence-electron chi connectivity index (χ2n) is 5.85. The SMILES string of the molecule is O=C(Cc1ccc(C(F)(F)F)cc1)Nc1ccc(N2CCNC2=O)cc1. The largest absolute Gasteiger partial charge is 0.416 e. The quantitative estimate of drug-likeness (QED) is 0.874. The van der Waals surface area contributed by atoms with Crippen LogP contribution in [0, 0.1) is 0 Å². The Bertz CT molecular complexity index is 802. The highest BCUT2D eigenvalue weighted by atomic mass is 19.4. The Kier molecular flexibility index (Phi) is 4.83. The van der Waals surface area contributed by atoms with Crippen LogP contribution in [-0.4, -0.2) is 25.0 Å². The number of carbonyl (C=O) groups is 2. The van der Waals surface area contributed by atoms with Crippen molar-refractivity contribution in [2.45, 2.75) is 12.6 Å². The summed E-state index contributed by atoms with van der Waals surface area (Å²) in [6, 6.07) is 11.1. The molecule has 3 amide bonds. The lowest BCUT2D eigenvalue weighted by atomic mass is 10.1. The molecule has 5 nitrogen and oxygen atoms in total. The van der Waals surface area contributed by atoms with Crippen LogP contribution in [0.15, 0.2) is 48.5 Å². The van der Waals surface area contributed by atoms with Crippen molar-refractivity contribution in [2.75, 3.05) is 23.3 Å². The number of nitrogens with zero attached hydrogens (tertiary/aromatic N) is 1. The molecule has 0 radical (unpaired) electrons. The van der Waals surface area contributed by atoms with Crippen LogP contribution < -0.4 is 15.5 Å². The molecular formula is C18H16F3N3O2. The fraction of sp³-hybridized carbons (Fsp3) is 0.222. The Morgan fingerprint density at radius 3 is 2.27 bits per heavy atom. The zero-order valence-corrected chi connectivity index (χ0v) is 13.6. The Hall–Kier alpha value is -3.03. The standard InChI is InChI=1S/C18H16F3N3O2/c19-18(20,21)13-3-1-12(2-4-13)11-16(25)23-14-5-7-15(8-6-14)24-10-9-22-17(24)26/h1-8H,9-11H2,(H,22,26)(H,23,25). The highest BCUT2D eigenvalue weighted by Crippen LogP contribution is 2.29. The van der Waals surface area contributed by atoms with Gasteiger partial charge in [-0.05, 0) is 42.0 Å². The summed E-state index contributed by atoms with van der Waals surface area (Å²) < 4.78 is 37.6. The maximum Gasteiger partial charge on any atom is 0.416 e. The molecule has 1 aliphatic rings. The molecule has 0 atom stereocenters. The lowest BCUT2D eigenvalue weighted by Crippen LogP contribution is -2.27. The fourth-order valence-corrected chi connectivity index (χ4v) is 2.64. The van der Waals surface area contributed by atoms with Crippen LogP contribution in [0.2, 0.25) is 0 Å². The first-order chi connectivity index (χ1) is 12.3. The van der Waals surface area contributed by atoms with Gasteiger partial charge in [0.2, 0.25) is 5.91 Å². The maximum atomic E-state index is 12.5. The molecule has 0 spiro atoms. The van der Waals surface area contributed by atoms with E-state index in [0.717, 1.165) is 17.8 Å². The minimum atomic E-state index is -4.39. The molecule has 2 aromatic rings. The zero-order valence-electron chi connectivity index (χ0n) is 13.6. The van der Waals surface area contributed by atoms with Gasteiger partial charge in [-0.15, -0.1) is 0 Å². The van der Waals surface area contributed by atoms with Crippen molar-refractivity contribution in [1.82, 2.24) is 5.32 Å². The molecule has 136 valence electrons. The zero-order chi connectivity index (χ0) is 18.7. The number of anilines is 2. The van der Waals surface area contributed by atoms with Crippen molar-refractivity contribution in [2.24, 2.45) is 0 Å². The number of halogens is 3. The van der Waals surface area contributed by atoms with E-state index in [1.165, 1.54) is 12.1 Å². The maximum absolute atomic E-state index is 12.5.